The Morgan fingerprint density at radius 1 is 0.633 bits per heavy atom. The van der Waals surface area contributed by atoms with Gasteiger partial charge in [0.25, 0.3) is 0 Å². The Labute approximate surface area is 170 Å². The molecule has 0 atom stereocenters. The van der Waals surface area contributed by atoms with Crippen LogP contribution >= 0.6 is 15.2 Å². The third kappa shape index (κ3) is 6.73. The minimum atomic E-state index is -5.22. The lowest BCUT2D eigenvalue weighted by molar-refractivity contribution is -0.172. The maximum absolute atomic E-state index is 14.1. The molecule has 0 saturated carbocycles. The van der Waals surface area contributed by atoms with Gasteiger partial charge in [-0.3, -0.25) is 9.13 Å². The van der Waals surface area contributed by atoms with Crippen molar-refractivity contribution in [2.45, 2.75) is 39.0 Å². The third-order valence-corrected chi connectivity index (χ3v) is 7.06. The van der Waals surface area contributed by atoms with Crippen LogP contribution in [0.2, 0.25) is 0 Å². The van der Waals surface area contributed by atoms with Crippen LogP contribution in [0, 0.1) is 0 Å². The number of esters is 2. The lowest BCUT2D eigenvalue weighted by Crippen LogP contribution is -2.35. The molecule has 0 spiro atoms. The molecule has 0 unspecified atom stereocenters. The van der Waals surface area contributed by atoms with Gasteiger partial charge in [-0.1, -0.05) is 0 Å². The molecule has 0 fully saturated rings. The molecular formula is C14H24F4O10P2. The molecule has 0 heterocycles. The fourth-order valence-electron chi connectivity index (χ4n) is 1.74. The first kappa shape index (κ1) is 29.0. The van der Waals surface area contributed by atoms with E-state index >= 15 is 0 Å². The second kappa shape index (κ2) is 12.1. The van der Waals surface area contributed by atoms with Crippen LogP contribution < -0.4 is 0 Å². The van der Waals surface area contributed by atoms with Crippen molar-refractivity contribution in [2.24, 2.45) is 0 Å². The molecule has 0 N–H and O–H groups in total. The summed E-state index contributed by atoms with van der Waals surface area (Å²) < 4.78 is 106. The van der Waals surface area contributed by atoms with E-state index in [0.717, 1.165) is 0 Å². The fraction of sp³-hybridized carbons (Fsp3) is 0.857. The van der Waals surface area contributed by atoms with Crippen molar-refractivity contribution in [1.29, 1.82) is 0 Å². The fourth-order valence-corrected chi connectivity index (χ4v) is 4.48. The molecule has 0 aromatic heterocycles. The molecule has 30 heavy (non-hydrogen) atoms. The van der Waals surface area contributed by atoms with E-state index in [-0.39, 0.29) is 0 Å². The summed E-state index contributed by atoms with van der Waals surface area (Å²) in [6, 6.07) is 0. The molecule has 0 aliphatic heterocycles. The maximum Gasteiger partial charge on any atom is 0.440 e. The van der Waals surface area contributed by atoms with Gasteiger partial charge in [-0.15, -0.1) is 0 Å². The molecule has 0 saturated heterocycles. The van der Waals surface area contributed by atoms with Crippen LogP contribution in [-0.4, -0.2) is 62.9 Å². The lowest BCUT2D eigenvalue weighted by atomic mass is 10.6. The Morgan fingerprint density at radius 3 is 1.07 bits per heavy atom. The van der Waals surface area contributed by atoms with Crippen LogP contribution in [0.25, 0.3) is 0 Å². The van der Waals surface area contributed by atoms with E-state index in [1.165, 1.54) is 27.7 Å². The van der Waals surface area contributed by atoms with Crippen molar-refractivity contribution < 1.29 is 63.8 Å². The number of alkyl halides is 4. The second-order valence-electron chi connectivity index (χ2n) is 5.02. The van der Waals surface area contributed by atoms with E-state index in [9.17, 15) is 36.3 Å². The quantitative estimate of drug-likeness (QED) is 0.145. The van der Waals surface area contributed by atoms with Crippen molar-refractivity contribution in [3.05, 3.63) is 0 Å². The van der Waals surface area contributed by atoms with Crippen molar-refractivity contribution in [2.75, 3.05) is 39.6 Å². The largest absolute Gasteiger partial charge is 0.457 e. The van der Waals surface area contributed by atoms with Crippen LogP contribution in [0.15, 0.2) is 0 Å². The van der Waals surface area contributed by atoms with Gasteiger partial charge >= 0.3 is 38.5 Å². The monoisotopic (exact) mass is 490 g/mol. The summed E-state index contributed by atoms with van der Waals surface area (Å²) in [5.41, 5.74) is -9.40. The van der Waals surface area contributed by atoms with Gasteiger partial charge < -0.3 is 27.6 Å². The summed E-state index contributed by atoms with van der Waals surface area (Å²) in [7, 11) is -10.4. The number of hydrogen-bond donors (Lipinski definition) is 0. The molecule has 16 heteroatoms. The third-order valence-electron chi connectivity index (χ3n) is 2.92. The number of carbonyl (C=O) groups is 2. The van der Waals surface area contributed by atoms with E-state index in [1.54, 1.807) is 0 Å². The van der Waals surface area contributed by atoms with Gasteiger partial charge in [0.2, 0.25) is 0 Å². The number of halogens is 4. The molecule has 0 aliphatic carbocycles. The van der Waals surface area contributed by atoms with E-state index < -0.39 is 78.1 Å². The van der Waals surface area contributed by atoms with E-state index in [0.29, 0.717) is 0 Å². The van der Waals surface area contributed by atoms with Crippen LogP contribution in [0.4, 0.5) is 17.6 Å². The predicted molar refractivity (Wildman–Crippen MR) is 93.5 cm³/mol. The van der Waals surface area contributed by atoms with Crippen LogP contribution in [-0.2, 0) is 46.3 Å². The highest BCUT2D eigenvalue weighted by molar-refractivity contribution is 7.56. The normalized spacial score (nSPS) is 13.2. The van der Waals surface area contributed by atoms with Crippen LogP contribution in [0.1, 0.15) is 27.7 Å². The van der Waals surface area contributed by atoms with Crippen molar-refractivity contribution in [1.82, 2.24) is 0 Å². The second-order valence-corrected chi connectivity index (χ2v) is 9.17. The highest BCUT2D eigenvalue weighted by Gasteiger charge is 2.62. The van der Waals surface area contributed by atoms with Crippen molar-refractivity contribution in [3.63, 3.8) is 0 Å². The molecule has 0 bridgehead atoms. The number of carbonyl (C=O) groups excluding carboxylic acids is 2. The summed E-state index contributed by atoms with van der Waals surface area (Å²) >= 11 is 0. The van der Waals surface area contributed by atoms with Gasteiger partial charge in [0, 0.05) is 0 Å². The summed E-state index contributed by atoms with van der Waals surface area (Å²) in [6.45, 7) is 0.847. The van der Waals surface area contributed by atoms with Gasteiger partial charge in [-0.05, 0) is 27.7 Å². The van der Waals surface area contributed by atoms with Crippen LogP contribution in [0.5, 0.6) is 0 Å². The molecule has 0 aromatic rings. The smallest absolute Gasteiger partial charge is 0.440 e. The highest BCUT2D eigenvalue weighted by atomic mass is 31.2. The Kier molecular flexibility index (Phi) is 11.7. The van der Waals surface area contributed by atoms with Gasteiger partial charge in [0.15, 0.2) is 0 Å². The van der Waals surface area contributed by atoms with Gasteiger partial charge in [-0.2, -0.15) is 17.6 Å². The van der Waals surface area contributed by atoms with Crippen LogP contribution in [0.3, 0.4) is 0 Å². The highest BCUT2D eigenvalue weighted by Crippen LogP contribution is 2.63. The molecule has 0 aromatic carbocycles. The number of ether oxygens (including phenoxy) is 2. The topological polar surface area (TPSA) is 124 Å². The van der Waals surface area contributed by atoms with E-state index in [4.69, 9.17) is 0 Å². The van der Waals surface area contributed by atoms with Gasteiger partial charge in [0.05, 0.1) is 26.4 Å². The lowest BCUT2D eigenvalue weighted by Gasteiger charge is -2.24. The SMILES string of the molecule is CCOP(=O)(OCC)C(F)(F)C(=O)OCCOC(=O)C(F)(F)P(=O)(OCC)OCC. The Balaban J connectivity index is 4.98. The summed E-state index contributed by atoms with van der Waals surface area (Å²) in [4.78, 5) is 23.1. The Hall–Kier alpha value is -1.04. The van der Waals surface area contributed by atoms with Crippen molar-refractivity contribution in [3.8, 4) is 0 Å². The number of rotatable bonds is 15. The zero-order chi connectivity index (χ0) is 23.6. The first-order valence-corrected chi connectivity index (χ1v) is 11.8. The standard InChI is InChI=1S/C14H24F4O10P2/c1-5-25-29(21,26-6-2)13(15,16)11(19)23-9-10-24-12(20)14(17,18)30(22,27-7-3)28-8-4/h5-10H2,1-4H3. The zero-order valence-corrected chi connectivity index (χ0v) is 18.5. The molecule has 0 amide bonds. The maximum atomic E-state index is 14.1. The van der Waals surface area contributed by atoms with E-state index in [2.05, 4.69) is 27.6 Å². The van der Waals surface area contributed by atoms with E-state index in [1.807, 2.05) is 0 Å². The summed E-state index contributed by atoms with van der Waals surface area (Å²) in [5, 5.41) is 0. The predicted octanol–water partition coefficient (Wildman–Crippen LogP) is 3.79. The first-order valence-electron chi connectivity index (χ1n) is 8.68. The summed E-state index contributed by atoms with van der Waals surface area (Å²) in [5.74, 6) is -4.69. The average Bonchev–Trinajstić information content (AvgIpc) is 2.65. The molecule has 10 nitrogen and oxygen atoms in total. The molecule has 0 rings (SSSR count). The average molecular weight is 490 g/mol. The van der Waals surface area contributed by atoms with Crippen molar-refractivity contribution >= 4 is 27.1 Å². The molecular weight excluding hydrogens is 466 g/mol. The summed E-state index contributed by atoms with van der Waals surface area (Å²) in [6.07, 6.45) is 0. The Morgan fingerprint density at radius 2 is 0.867 bits per heavy atom. The molecule has 0 radical (unpaired) electrons. The first-order chi connectivity index (χ1) is 13.8. The minimum Gasteiger partial charge on any atom is -0.457 e. The molecule has 178 valence electrons. The van der Waals surface area contributed by atoms with Gasteiger partial charge in [0.1, 0.15) is 13.2 Å². The number of hydrogen-bond acceptors (Lipinski definition) is 10. The Bertz CT molecular complexity index is 597. The minimum absolute atomic E-state index is 0.466. The van der Waals surface area contributed by atoms with Gasteiger partial charge in [-0.25, -0.2) is 9.59 Å². The zero-order valence-electron chi connectivity index (χ0n) is 16.7. The molecule has 0 aliphatic rings.